The third-order valence-corrected chi connectivity index (χ3v) is 19.4. The van der Waals surface area contributed by atoms with Crippen LogP contribution in [0.5, 0.6) is 0 Å². The third kappa shape index (κ3) is 3.69. The van der Waals surface area contributed by atoms with Gasteiger partial charge in [-0.25, -0.2) is 0 Å². The quantitative estimate of drug-likeness (QED) is 0.212. The molecule has 2 aliphatic rings. The van der Waals surface area contributed by atoms with Crippen molar-refractivity contribution in [3.8, 4) is 11.1 Å². The van der Waals surface area contributed by atoms with E-state index in [9.17, 15) is 0 Å². The van der Waals surface area contributed by atoms with E-state index in [0.717, 1.165) is 0 Å². The summed E-state index contributed by atoms with van der Waals surface area (Å²) in [6.45, 7) is 2.25. The fourth-order valence-electron chi connectivity index (χ4n) is 5.55. The molecule has 0 N–H and O–H groups in total. The first-order chi connectivity index (χ1) is 16.3. The van der Waals surface area contributed by atoms with Gasteiger partial charge in [0.15, 0.2) is 0 Å². The predicted molar refractivity (Wildman–Crippen MR) is 136 cm³/mol. The number of hydrogen-bond acceptors (Lipinski definition) is 0. The normalized spacial score (nSPS) is 16.3. The standard InChI is InChI=1S/C13H9.C13H10.C6H7.Hf/c1-3-7-12-10(5-1)9-11-6-2-4-8-13(11)12;1-3-7-12(8-4-1)11-13-9-5-2-6-10-13;1-6-4-2-3-5-6;/h1-9H;1-10H;2-5H,1H3;. The molecule has 1 heteroatoms. The van der Waals surface area contributed by atoms with Crippen molar-refractivity contribution in [1.82, 2.24) is 0 Å². The van der Waals surface area contributed by atoms with Crippen molar-refractivity contribution < 1.29 is 21.0 Å². The molecule has 0 aromatic heterocycles. The number of benzene rings is 4. The van der Waals surface area contributed by atoms with E-state index in [-0.39, 0.29) is 0 Å². The zero-order valence-electron chi connectivity index (χ0n) is 18.8. The van der Waals surface area contributed by atoms with Crippen LogP contribution in [0, 0.1) is 0 Å². The summed E-state index contributed by atoms with van der Waals surface area (Å²) in [5.74, 6) is 0. The summed E-state index contributed by atoms with van der Waals surface area (Å²) in [5.41, 5.74) is 10.2. The Kier molecular flexibility index (Phi) is 5.52. The Balaban J connectivity index is 1.72. The Morgan fingerprint density at radius 2 is 1.09 bits per heavy atom. The second-order valence-corrected chi connectivity index (χ2v) is 18.5. The summed E-state index contributed by atoms with van der Waals surface area (Å²) in [7, 11) is 0. The van der Waals surface area contributed by atoms with Gasteiger partial charge in [0.2, 0.25) is 0 Å². The van der Waals surface area contributed by atoms with Crippen LogP contribution in [0.1, 0.15) is 32.9 Å². The molecule has 0 saturated heterocycles. The van der Waals surface area contributed by atoms with Gasteiger partial charge in [0.05, 0.1) is 0 Å². The molecule has 0 radical (unpaired) electrons. The maximum absolute atomic E-state index is 2.71. The van der Waals surface area contributed by atoms with Crippen LogP contribution in [0.3, 0.4) is 0 Å². The molecule has 4 aromatic rings. The molecule has 2 aliphatic carbocycles. The summed E-state index contributed by atoms with van der Waals surface area (Å²) in [6, 6.07) is 40.7. The molecule has 0 amide bonds. The van der Waals surface area contributed by atoms with Crippen LogP contribution >= 0.6 is 0 Å². The Morgan fingerprint density at radius 1 is 0.606 bits per heavy atom. The molecule has 0 spiro atoms. The van der Waals surface area contributed by atoms with Crippen LogP contribution in [0.15, 0.2) is 133 Å². The average Bonchev–Trinajstić information content (AvgIpc) is 3.45. The fourth-order valence-corrected chi connectivity index (χ4v) is 19.7. The first-order valence-electron chi connectivity index (χ1n) is 11.7. The maximum atomic E-state index is 2.55. The summed E-state index contributed by atoms with van der Waals surface area (Å²) in [6.07, 6.45) is 7.40. The minimum atomic E-state index is -2.71. The first-order valence-corrected chi connectivity index (χ1v) is 17.7. The van der Waals surface area contributed by atoms with Gasteiger partial charge >= 0.3 is 205 Å². The number of hydrogen-bond donors (Lipinski definition) is 0. The monoisotopic (exact) mass is 590 g/mol. The summed E-state index contributed by atoms with van der Waals surface area (Å²) < 4.78 is 2.70. The van der Waals surface area contributed by atoms with Crippen molar-refractivity contribution >= 4 is 3.26 Å². The van der Waals surface area contributed by atoms with Crippen LogP contribution in [0.25, 0.3) is 11.1 Å². The number of allylic oxidation sites excluding steroid dienone is 4. The van der Waals surface area contributed by atoms with E-state index < -0.39 is 21.0 Å². The Hall–Kier alpha value is -2.90. The molecule has 0 fully saturated rings. The van der Waals surface area contributed by atoms with Gasteiger partial charge in [-0.05, 0) is 0 Å². The van der Waals surface area contributed by atoms with Crippen molar-refractivity contribution in [2.45, 2.75) is 14.3 Å². The Labute approximate surface area is 204 Å². The van der Waals surface area contributed by atoms with Crippen molar-refractivity contribution in [2.75, 3.05) is 0 Å². The van der Waals surface area contributed by atoms with Crippen molar-refractivity contribution in [2.24, 2.45) is 0 Å². The van der Waals surface area contributed by atoms with E-state index >= 15 is 0 Å². The zero-order chi connectivity index (χ0) is 22.2. The van der Waals surface area contributed by atoms with E-state index in [1.165, 1.54) is 39.0 Å². The summed E-state index contributed by atoms with van der Waals surface area (Å²) in [5, 5.41) is 0. The molecule has 1 atom stereocenters. The second-order valence-electron chi connectivity index (χ2n) is 8.97. The molecule has 0 saturated carbocycles. The van der Waals surface area contributed by atoms with E-state index in [1.54, 1.807) is 3.26 Å². The van der Waals surface area contributed by atoms with Crippen molar-refractivity contribution in [3.63, 3.8) is 0 Å². The second kappa shape index (κ2) is 8.80. The van der Waals surface area contributed by atoms with Crippen molar-refractivity contribution in [3.05, 3.63) is 155 Å². The van der Waals surface area contributed by atoms with Gasteiger partial charge in [0, 0.05) is 0 Å². The molecular formula is C32H26Hf. The molecule has 6 rings (SSSR count). The molecule has 4 aromatic carbocycles. The molecule has 0 aliphatic heterocycles. The first kappa shape index (κ1) is 20.7. The number of fused-ring (bicyclic) bond motifs is 3. The molecule has 33 heavy (non-hydrogen) atoms. The Bertz CT molecular complexity index is 1320. The molecule has 0 heterocycles. The average molecular weight is 589 g/mol. The van der Waals surface area contributed by atoms with Gasteiger partial charge in [-0.3, -0.25) is 0 Å². The van der Waals surface area contributed by atoms with Crippen LogP contribution in [0.2, 0.25) is 3.67 Å². The molecule has 0 bridgehead atoms. The predicted octanol–water partition coefficient (Wildman–Crippen LogP) is 7.95. The SMILES string of the molecule is CC1=C[CH]([Hf](=[C](c2ccccc2)c2ccccc2)[CH]2c3ccccc3-c3ccccc32)C=C1. The minimum absolute atomic E-state index is 0.509. The fraction of sp³-hybridized carbons (Fsp3) is 0.0938. The van der Waals surface area contributed by atoms with Crippen LogP contribution < -0.4 is 0 Å². The molecule has 1 unspecified atom stereocenters. The molecular weight excluding hydrogens is 563 g/mol. The van der Waals surface area contributed by atoms with E-state index in [0.29, 0.717) is 7.35 Å². The number of rotatable bonds is 4. The van der Waals surface area contributed by atoms with E-state index in [4.69, 9.17) is 0 Å². The van der Waals surface area contributed by atoms with Crippen molar-refractivity contribution in [1.29, 1.82) is 0 Å². The van der Waals surface area contributed by atoms with E-state index in [1.807, 2.05) is 0 Å². The van der Waals surface area contributed by atoms with Crippen LogP contribution in [-0.4, -0.2) is 3.26 Å². The van der Waals surface area contributed by atoms with Gasteiger partial charge in [0.25, 0.3) is 0 Å². The van der Waals surface area contributed by atoms with Gasteiger partial charge in [0.1, 0.15) is 0 Å². The van der Waals surface area contributed by atoms with E-state index in [2.05, 4.69) is 134 Å². The third-order valence-electron chi connectivity index (χ3n) is 6.93. The zero-order valence-corrected chi connectivity index (χ0v) is 22.4. The summed E-state index contributed by atoms with van der Waals surface area (Å²) in [4.78, 5) is 0. The van der Waals surface area contributed by atoms with Gasteiger partial charge in [-0.15, -0.1) is 0 Å². The van der Waals surface area contributed by atoms with Crippen LogP contribution in [0.4, 0.5) is 0 Å². The van der Waals surface area contributed by atoms with Crippen LogP contribution in [-0.2, 0) is 21.0 Å². The topological polar surface area (TPSA) is 0 Å². The van der Waals surface area contributed by atoms with Gasteiger partial charge < -0.3 is 0 Å². The van der Waals surface area contributed by atoms with Gasteiger partial charge in [-0.1, -0.05) is 0 Å². The molecule has 158 valence electrons. The summed E-state index contributed by atoms with van der Waals surface area (Å²) >= 11 is -2.71. The molecule has 0 nitrogen and oxygen atoms in total. The van der Waals surface area contributed by atoms with Gasteiger partial charge in [-0.2, -0.15) is 0 Å². The Morgan fingerprint density at radius 3 is 1.58 bits per heavy atom.